The Morgan fingerprint density at radius 3 is 2.56 bits per heavy atom. The minimum atomic E-state index is -0.0584. The van der Waals surface area contributed by atoms with Crippen LogP contribution < -0.4 is 11.1 Å². The molecular weight excluding hydrogens is 246 g/mol. The molecule has 1 aromatic carbocycles. The Labute approximate surface area is 110 Å². The number of ketones is 1. The molecule has 0 amide bonds. The van der Waals surface area contributed by atoms with Crippen LogP contribution in [0.15, 0.2) is 29.6 Å². The second-order valence-corrected chi connectivity index (χ2v) is 4.98. The van der Waals surface area contributed by atoms with Gasteiger partial charge in [0.25, 0.3) is 0 Å². The average molecular weight is 261 g/mol. The first kappa shape index (κ1) is 12.7. The van der Waals surface area contributed by atoms with Gasteiger partial charge in [0.15, 0.2) is 10.9 Å². The molecule has 1 heterocycles. The van der Waals surface area contributed by atoms with E-state index in [4.69, 9.17) is 5.73 Å². The standard InChI is InChI=1S/C13H15N3OS/c1-8(14)12-7-18-13(16-12)15-11-5-3-10(4-6-11)9(2)17/h3-8H,14H2,1-2H3,(H,15,16). The van der Waals surface area contributed by atoms with Crippen molar-refractivity contribution in [1.29, 1.82) is 0 Å². The van der Waals surface area contributed by atoms with Gasteiger partial charge in [0.2, 0.25) is 0 Å². The molecule has 0 radical (unpaired) electrons. The molecule has 0 spiro atoms. The van der Waals surface area contributed by atoms with E-state index in [9.17, 15) is 4.79 Å². The maximum Gasteiger partial charge on any atom is 0.187 e. The molecule has 1 atom stereocenters. The van der Waals surface area contributed by atoms with Gasteiger partial charge in [0.1, 0.15) is 0 Å². The second kappa shape index (κ2) is 5.29. The van der Waals surface area contributed by atoms with Crippen molar-refractivity contribution in [1.82, 2.24) is 4.98 Å². The van der Waals surface area contributed by atoms with Crippen LogP contribution in [0, 0.1) is 0 Å². The van der Waals surface area contributed by atoms with Crippen molar-refractivity contribution in [3.05, 3.63) is 40.9 Å². The Bertz CT molecular complexity index is 546. The van der Waals surface area contributed by atoms with Crippen LogP contribution in [0.3, 0.4) is 0 Å². The molecule has 0 fully saturated rings. The largest absolute Gasteiger partial charge is 0.332 e. The SMILES string of the molecule is CC(=O)c1ccc(Nc2nc(C(C)N)cs2)cc1. The Balaban J connectivity index is 2.10. The first-order chi connectivity index (χ1) is 8.56. The van der Waals surface area contributed by atoms with E-state index in [1.54, 1.807) is 19.1 Å². The van der Waals surface area contributed by atoms with Gasteiger partial charge < -0.3 is 11.1 Å². The number of carbonyl (C=O) groups is 1. The van der Waals surface area contributed by atoms with Crippen molar-refractivity contribution in [3.63, 3.8) is 0 Å². The topological polar surface area (TPSA) is 68.0 Å². The third-order valence-electron chi connectivity index (χ3n) is 2.53. The minimum Gasteiger partial charge on any atom is -0.332 e. The lowest BCUT2D eigenvalue weighted by Crippen LogP contribution is -2.05. The van der Waals surface area contributed by atoms with Crippen molar-refractivity contribution in [2.75, 3.05) is 5.32 Å². The molecular formula is C13H15N3OS. The average Bonchev–Trinajstić information content (AvgIpc) is 2.78. The van der Waals surface area contributed by atoms with Crippen LogP contribution in [0.1, 0.15) is 35.9 Å². The highest BCUT2D eigenvalue weighted by atomic mass is 32.1. The van der Waals surface area contributed by atoms with Gasteiger partial charge in [-0.1, -0.05) is 0 Å². The first-order valence-electron chi connectivity index (χ1n) is 5.65. The van der Waals surface area contributed by atoms with Gasteiger partial charge in [-0.05, 0) is 38.1 Å². The van der Waals surface area contributed by atoms with Gasteiger partial charge >= 0.3 is 0 Å². The summed E-state index contributed by atoms with van der Waals surface area (Å²) in [5.41, 5.74) is 8.24. The number of hydrogen-bond donors (Lipinski definition) is 2. The third-order valence-corrected chi connectivity index (χ3v) is 3.31. The van der Waals surface area contributed by atoms with Gasteiger partial charge in [-0.3, -0.25) is 4.79 Å². The van der Waals surface area contributed by atoms with E-state index in [-0.39, 0.29) is 11.8 Å². The lowest BCUT2D eigenvalue weighted by Gasteiger charge is -2.03. The van der Waals surface area contributed by atoms with E-state index >= 15 is 0 Å². The molecule has 0 aliphatic heterocycles. The Kier molecular flexibility index (Phi) is 3.74. The van der Waals surface area contributed by atoms with Crippen molar-refractivity contribution in [2.45, 2.75) is 19.9 Å². The predicted molar refractivity (Wildman–Crippen MR) is 74.4 cm³/mol. The van der Waals surface area contributed by atoms with Crippen molar-refractivity contribution in [2.24, 2.45) is 5.73 Å². The fourth-order valence-corrected chi connectivity index (χ4v) is 2.30. The summed E-state index contributed by atoms with van der Waals surface area (Å²) in [5, 5.41) is 5.93. The molecule has 0 bridgehead atoms. The number of hydrogen-bond acceptors (Lipinski definition) is 5. The molecule has 0 aliphatic carbocycles. The summed E-state index contributed by atoms with van der Waals surface area (Å²) in [7, 11) is 0. The van der Waals surface area contributed by atoms with Gasteiger partial charge in [-0.25, -0.2) is 4.98 Å². The molecule has 1 aromatic heterocycles. The minimum absolute atomic E-state index is 0.0584. The molecule has 3 N–H and O–H groups in total. The number of anilines is 2. The fraction of sp³-hybridized carbons (Fsp3) is 0.231. The number of aromatic nitrogens is 1. The van der Waals surface area contributed by atoms with E-state index in [2.05, 4.69) is 10.3 Å². The molecule has 94 valence electrons. The van der Waals surface area contributed by atoms with E-state index in [0.717, 1.165) is 16.5 Å². The van der Waals surface area contributed by atoms with Crippen LogP contribution >= 0.6 is 11.3 Å². The lowest BCUT2D eigenvalue weighted by molar-refractivity contribution is 0.101. The van der Waals surface area contributed by atoms with Crippen LogP contribution in [0.25, 0.3) is 0 Å². The summed E-state index contributed by atoms with van der Waals surface area (Å²) in [6.45, 7) is 3.46. The zero-order valence-corrected chi connectivity index (χ0v) is 11.1. The summed E-state index contributed by atoms with van der Waals surface area (Å²) in [4.78, 5) is 15.5. The van der Waals surface area contributed by atoms with Crippen molar-refractivity contribution >= 4 is 27.9 Å². The molecule has 1 unspecified atom stereocenters. The molecule has 2 rings (SSSR count). The van der Waals surface area contributed by atoms with E-state index in [1.165, 1.54) is 11.3 Å². The molecule has 5 heteroatoms. The quantitative estimate of drug-likeness (QED) is 0.830. The Morgan fingerprint density at radius 2 is 2.06 bits per heavy atom. The van der Waals surface area contributed by atoms with E-state index < -0.39 is 0 Å². The number of nitrogens with two attached hydrogens (primary N) is 1. The highest BCUT2D eigenvalue weighted by Gasteiger charge is 2.06. The van der Waals surface area contributed by atoms with Crippen LogP contribution in [0.2, 0.25) is 0 Å². The molecule has 2 aromatic rings. The lowest BCUT2D eigenvalue weighted by atomic mass is 10.1. The van der Waals surface area contributed by atoms with E-state index in [0.29, 0.717) is 5.56 Å². The van der Waals surface area contributed by atoms with Crippen LogP contribution in [-0.2, 0) is 0 Å². The number of nitrogens with one attached hydrogen (secondary N) is 1. The summed E-state index contributed by atoms with van der Waals surface area (Å²) in [5.74, 6) is 0.0649. The smallest absolute Gasteiger partial charge is 0.187 e. The van der Waals surface area contributed by atoms with Gasteiger partial charge in [0, 0.05) is 22.7 Å². The summed E-state index contributed by atoms with van der Waals surface area (Å²) < 4.78 is 0. The monoisotopic (exact) mass is 261 g/mol. The highest BCUT2D eigenvalue weighted by molar-refractivity contribution is 7.13. The first-order valence-corrected chi connectivity index (χ1v) is 6.53. The number of Topliss-reactive ketones (excluding diaryl/α,β-unsaturated/α-hetero) is 1. The maximum atomic E-state index is 11.1. The number of thiazole rings is 1. The zero-order valence-electron chi connectivity index (χ0n) is 10.3. The van der Waals surface area contributed by atoms with Crippen LogP contribution in [-0.4, -0.2) is 10.8 Å². The highest BCUT2D eigenvalue weighted by Crippen LogP contribution is 2.23. The normalized spacial score (nSPS) is 12.2. The number of rotatable bonds is 4. The van der Waals surface area contributed by atoms with Crippen LogP contribution in [0.5, 0.6) is 0 Å². The molecule has 4 nitrogen and oxygen atoms in total. The van der Waals surface area contributed by atoms with Gasteiger partial charge in [-0.15, -0.1) is 11.3 Å². The molecule has 0 saturated carbocycles. The van der Waals surface area contributed by atoms with Crippen LogP contribution in [0.4, 0.5) is 10.8 Å². The molecule has 0 aliphatic rings. The molecule has 18 heavy (non-hydrogen) atoms. The summed E-state index contributed by atoms with van der Waals surface area (Å²) in [6, 6.07) is 7.26. The number of benzene rings is 1. The van der Waals surface area contributed by atoms with E-state index in [1.807, 2.05) is 24.4 Å². The second-order valence-electron chi connectivity index (χ2n) is 4.12. The Hall–Kier alpha value is -1.72. The van der Waals surface area contributed by atoms with Crippen molar-refractivity contribution < 1.29 is 4.79 Å². The fourth-order valence-electron chi connectivity index (χ4n) is 1.46. The number of nitrogens with zero attached hydrogens (tertiary/aromatic N) is 1. The van der Waals surface area contributed by atoms with Gasteiger partial charge in [0.05, 0.1) is 5.69 Å². The zero-order chi connectivity index (χ0) is 13.1. The predicted octanol–water partition coefficient (Wildman–Crippen LogP) is 3.11. The maximum absolute atomic E-state index is 11.1. The number of carbonyl (C=O) groups excluding carboxylic acids is 1. The summed E-state index contributed by atoms with van der Waals surface area (Å²) in [6.07, 6.45) is 0. The molecule has 0 saturated heterocycles. The third kappa shape index (κ3) is 2.94. The Morgan fingerprint density at radius 1 is 1.39 bits per heavy atom. The van der Waals surface area contributed by atoms with Crippen molar-refractivity contribution in [3.8, 4) is 0 Å². The van der Waals surface area contributed by atoms with Gasteiger partial charge in [-0.2, -0.15) is 0 Å². The summed E-state index contributed by atoms with van der Waals surface area (Å²) >= 11 is 1.51.